The Balaban J connectivity index is 2.06. The Kier molecular flexibility index (Phi) is 3.44. The van der Waals surface area contributed by atoms with Gasteiger partial charge < -0.3 is 5.32 Å². The summed E-state index contributed by atoms with van der Waals surface area (Å²) >= 11 is 0. The van der Waals surface area contributed by atoms with E-state index in [1.54, 1.807) is 24.3 Å². The molecule has 0 saturated carbocycles. The number of nitriles is 1. The number of hydrogen-bond acceptors (Lipinski definition) is 4. The van der Waals surface area contributed by atoms with E-state index in [0.717, 1.165) is 4.90 Å². The summed E-state index contributed by atoms with van der Waals surface area (Å²) in [6, 6.07) is 8.47. The van der Waals surface area contributed by atoms with Crippen LogP contribution in [0.2, 0.25) is 0 Å². The molecule has 6 nitrogen and oxygen atoms in total. The molecule has 1 aromatic rings. The zero-order valence-electron chi connectivity index (χ0n) is 9.67. The standard InChI is InChI=1S/C12H12N4O2/c13-9-15(10-4-2-1-3-5-10)8-11(17)16-7-6-14-12(16)18/h1-5H,6-8H2,(H,14,18). The molecular weight excluding hydrogens is 232 g/mol. The quantitative estimate of drug-likeness (QED) is 0.621. The third-order valence-electron chi connectivity index (χ3n) is 2.64. The first-order valence-corrected chi connectivity index (χ1v) is 5.53. The van der Waals surface area contributed by atoms with Gasteiger partial charge in [0.1, 0.15) is 6.54 Å². The summed E-state index contributed by atoms with van der Waals surface area (Å²) in [6.07, 6.45) is 1.94. The first-order chi connectivity index (χ1) is 8.72. The number of hydrogen-bond donors (Lipinski definition) is 1. The average Bonchev–Trinajstić information content (AvgIpc) is 2.83. The van der Waals surface area contributed by atoms with Crippen LogP contribution in [0.25, 0.3) is 0 Å². The Hall–Kier alpha value is -2.55. The van der Waals surface area contributed by atoms with Crippen molar-refractivity contribution in [3.05, 3.63) is 30.3 Å². The monoisotopic (exact) mass is 244 g/mol. The lowest BCUT2D eigenvalue weighted by Gasteiger charge is -2.18. The van der Waals surface area contributed by atoms with Crippen LogP contribution in [0.3, 0.4) is 0 Å². The molecule has 0 unspecified atom stereocenters. The Bertz CT molecular complexity index is 495. The Labute approximate surface area is 104 Å². The number of nitrogens with zero attached hydrogens (tertiary/aromatic N) is 3. The number of imide groups is 1. The van der Waals surface area contributed by atoms with Crippen molar-refractivity contribution in [1.29, 1.82) is 5.26 Å². The summed E-state index contributed by atoms with van der Waals surface area (Å²) in [5.41, 5.74) is 0.632. The molecule has 2 rings (SSSR count). The minimum atomic E-state index is -0.397. The van der Waals surface area contributed by atoms with Crippen LogP contribution in [0.4, 0.5) is 10.5 Å². The van der Waals surface area contributed by atoms with Crippen LogP contribution in [0, 0.1) is 11.5 Å². The molecular formula is C12H12N4O2. The predicted octanol–water partition coefficient (Wildman–Crippen LogP) is 0.526. The van der Waals surface area contributed by atoms with E-state index in [-0.39, 0.29) is 12.5 Å². The summed E-state index contributed by atoms with van der Waals surface area (Å²) in [6.45, 7) is 0.683. The van der Waals surface area contributed by atoms with Crippen LogP contribution in [-0.2, 0) is 4.79 Å². The third-order valence-corrected chi connectivity index (χ3v) is 2.64. The molecule has 1 aliphatic rings. The Morgan fingerprint density at radius 3 is 2.72 bits per heavy atom. The molecule has 92 valence electrons. The number of para-hydroxylation sites is 1. The largest absolute Gasteiger partial charge is 0.336 e. The molecule has 1 saturated heterocycles. The summed E-state index contributed by atoms with van der Waals surface area (Å²) in [5.74, 6) is -0.379. The summed E-state index contributed by atoms with van der Waals surface area (Å²) in [4.78, 5) is 25.6. The van der Waals surface area contributed by atoms with Crippen molar-refractivity contribution >= 4 is 17.6 Å². The number of amides is 3. The zero-order valence-corrected chi connectivity index (χ0v) is 9.67. The van der Waals surface area contributed by atoms with Crippen molar-refractivity contribution in [2.45, 2.75) is 0 Å². The summed E-state index contributed by atoms with van der Waals surface area (Å²) in [5, 5.41) is 11.6. The van der Waals surface area contributed by atoms with Crippen LogP contribution in [-0.4, -0.2) is 36.5 Å². The maximum Gasteiger partial charge on any atom is 0.324 e. The fourth-order valence-corrected chi connectivity index (χ4v) is 1.72. The van der Waals surface area contributed by atoms with E-state index in [4.69, 9.17) is 5.26 Å². The van der Waals surface area contributed by atoms with Gasteiger partial charge in [-0.2, -0.15) is 5.26 Å². The second-order valence-corrected chi connectivity index (χ2v) is 3.80. The smallest absolute Gasteiger partial charge is 0.324 e. The van der Waals surface area contributed by atoms with Gasteiger partial charge in [0.2, 0.25) is 0 Å². The van der Waals surface area contributed by atoms with Crippen molar-refractivity contribution in [3.8, 4) is 6.19 Å². The van der Waals surface area contributed by atoms with E-state index in [1.807, 2.05) is 12.3 Å². The molecule has 0 atom stereocenters. The molecule has 1 heterocycles. The molecule has 0 aliphatic carbocycles. The molecule has 0 spiro atoms. The molecule has 0 radical (unpaired) electrons. The van der Waals surface area contributed by atoms with Gasteiger partial charge in [0.05, 0.1) is 5.69 Å². The Morgan fingerprint density at radius 2 is 2.17 bits per heavy atom. The lowest BCUT2D eigenvalue weighted by molar-refractivity contribution is -0.126. The van der Waals surface area contributed by atoms with Crippen LogP contribution >= 0.6 is 0 Å². The van der Waals surface area contributed by atoms with E-state index in [0.29, 0.717) is 18.8 Å². The van der Waals surface area contributed by atoms with Gasteiger partial charge in [-0.1, -0.05) is 18.2 Å². The van der Waals surface area contributed by atoms with Gasteiger partial charge in [0, 0.05) is 13.1 Å². The van der Waals surface area contributed by atoms with E-state index < -0.39 is 6.03 Å². The molecule has 6 heteroatoms. The number of carbonyl (C=O) groups is 2. The molecule has 1 aliphatic heterocycles. The second kappa shape index (κ2) is 5.19. The molecule has 18 heavy (non-hydrogen) atoms. The predicted molar refractivity (Wildman–Crippen MR) is 64.5 cm³/mol. The first-order valence-electron chi connectivity index (χ1n) is 5.53. The lowest BCUT2D eigenvalue weighted by atomic mass is 10.3. The summed E-state index contributed by atoms with van der Waals surface area (Å²) in [7, 11) is 0. The molecule has 3 amide bonds. The maximum atomic E-state index is 11.9. The van der Waals surface area contributed by atoms with Gasteiger partial charge in [0.25, 0.3) is 5.91 Å². The van der Waals surface area contributed by atoms with Gasteiger partial charge >= 0.3 is 6.03 Å². The molecule has 1 aromatic carbocycles. The van der Waals surface area contributed by atoms with Crippen molar-refractivity contribution in [1.82, 2.24) is 10.2 Å². The number of nitrogens with one attached hydrogen (secondary N) is 1. The number of benzene rings is 1. The van der Waals surface area contributed by atoms with Crippen molar-refractivity contribution in [2.24, 2.45) is 0 Å². The van der Waals surface area contributed by atoms with Crippen LogP contribution in [0.15, 0.2) is 30.3 Å². The highest BCUT2D eigenvalue weighted by Crippen LogP contribution is 2.12. The molecule has 0 bridgehead atoms. The highest BCUT2D eigenvalue weighted by atomic mass is 16.2. The SMILES string of the molecule is N#CN(CC(=O)N1CCNC1=O)c1ccccc1. The van der Waals surface area contributed by atoms with E-state index in [9.17, 15) is 9.59 Å². The average molecular weight is 244 g/mol. The summed E-state index contributed by atoms with van der Waals surface area (Å²) < 4.78 is 0. The van der Waals surface area contributed by atoms with E-state index >= 15 is 0 Å². The number of urea groups is 1. The number of anilines is 1. The number of rotatable bonds is 3. The zero-order chi connectivity index (χ0) is 13.0. The van der Waals surface area contributed by atoms with E-state index in [1.165, 1.54) is 4.90 Å². The van der Waals surface area contributed by atoms with E-state index in [2.05, 4.69) is 5.32 Å². The minimum absolute atomic E-state index is 0.131. The van der Waals surface area contributed by atoms with Crippen LogP contribution < -0.4 is 10.2 Å². The van der Waals surface area contributed by atoms with Gasteiger partial charge in [-0.3, -0.25) is 14.6 Å². The fourth-order valence-electron chi connectivity index (χ4n) is 1.72. The normalized spacial score (nSPS) is 13.9. The highest BCUT2D eigenvalue weighted by molar-refractivity contribution is 5.98. The van der Waals surface area contributed by atoms with Gasteiger partial charge in [0.15, 0.2) is 6.19 Å². The molecule has 1 N–H and O–H groups in total. The van der Waals surface area contributed by atoms with Crippen molar-refractivity contribution in [3.63, 3.8) is 0 Å². The van der Waals surface area contributed by atoms with Gasteiger partial charge in [-0.15, -0.1) is 0 Å². The second-order valence-electron chi connectivity index (χ2n) is 3.80. The fraction of sp³-hybridized carbons (Fsp3) is 0.250. The third kappa shape index (κ3) is 2.40. The maximum absolute atomic E-state index is 11.9. The molecule has 1 fully saturated rings. The van der Waals surface area contributed by atoms with Gasteiger partial charge in [-0.05, 0) is 12.1 Å². The van der Waals surface area contributed by atoms with Crippen molar-refractivity contribution in [2.75, 3.05) is 24.5 Å². The lowest BCUT2D eigenvalue weighted by Crippen LogP contribution is -2.40. The molecule has 0 aromatic heterocycles. The number of carbonyl (C=O) groups excluding carboxylic acids is 2. The first kappa shape index (κ1) is 11.9. The van der Waals surface area contributed by atoms with Crippen molar-refractivity contribution < 1.29 is 9.59 Å². The van der Waals surface area contributed by atoms with Gasteiger partial charge in [-0.25, -0.2) is 4.79 Å². The topological polar surface area (TPSA) is 76.4 Å². The van der Waals surface area contributed by atoms with Crippen LogP contribution in [0.1, 0.15) is 0 Å². The minimum Gasteiger partial charge on any atom is -0.336 e. The Morgan fingerprint density at radius 1 is 1.44 bits per heavy atom. The highest BCUT2D eigenvalue weighted by Gasteiger charge is 2.27. The van der Waals surface area contributed by atoms with Crippen LogP contribution in [0.5, 0.6) is 0 Å².